The molecule has 2 aliphatic rings. The van der Waals surface area contributed by atoms with Crippen molar-refractivity contribution >= 4 is 28.0 Å². The molecule has 2 fully saturated rings. The summed E-state index contributed by atoms with van der Waals surface area (Å²) in [7, 11) is 1.72. The van der Waals surface area contributed by atoms with Gasteiger partial charge in [0.05, 0.1) is 17.7 Å². The van der Waals surface area contributed by atoms with Crippen LogP contribution in [0.25, 0.3) is 0 Å². The minimum atomic E-state index is -3.63. The molecule has 0 bridgehead atoms. The Morgan fingerprint density at radius 1 is 1.02 bits per heavy atom. The maximum atomic E-state index is 14.3. The highest BCUT2D eigenvalue weighted by molar-refractivity contribution is 7.94. The molecule has 2 N–H and O–H groups in total. The first-order valence-corrected chi connectivity index (χ1v) is 16.6. The van der Waals surface area contributed by atoms with Crippen LogP contribution in [0.5, 0.6) is 0 Å². The van der Waals surface area contributed by atoms with E-state index >= 15 is 0 Å². The second-order valence-electron chi connectivity index (χ2n) is 11.9. The minimum Gasteiger partial charge on any atom is -0.390 e. The van der Waals surface area contributed by atoms with E-state index in [2.05, 4.69) is 23.5 Å². The number of nitrogens with two attached hydrogens (primary N) is 1. The van der Waals surface area contributed by atoms with E-state index in [1.807, 2.05) is 37.7 Å². The van der Waals surface area contributed by atoms with Crippen LogP contribution in [0.15, 0.2) is 44.0 Å². The Morgan fingerprint density at radius 2 is 1.59 bits per heavy atom. The molecule has 0 spiro atoms. The first-order valence-electron chi connectivity index (χ1n) is 15.1. The standard InChI is InChI=1S/C31H54N6O3S/c1-9-13-24(4)28(34-22-32)29(35(7)8)31(38)36(20-26-14-11-10-12-15-26)21-27-16-18-37(19-17-27)41(39,40)30(23(2)3)25(5)33-6/h22,26-27H,4,9-21H2,1-3,5-8H3,(H2,32,34)/b29-28+,33-25?. The summed E-state index contributed by atoms with van der Waals surface area (Å²) in [4.78, 5) is 27.0. The van der Waals surface area contributed by atoms with E-state index in [1.165, 1.54) is 25.6 Å². The van der Waals surface area contributed by atoms with Crippen LogP contribution in [0.2, 0.25) is 0 Å². The molecule has 0 aromatic heterocycles. The predicted molar refractivity (Wildman–Crippen MR) is 171 cm³/mol. The Bertz CT molecular complexity index is 1130. The zero-order valence-corrected chi connectivity index (χ0v) is 27.4. The van der Waals surface area contributed by atoms with Gasteiger partial charge in [-0.1, -0.05) is 44.8 Å². The first kappa shape index (κ1) is 34.7. The van der Waals surface area contributed by atoms with Gasteiger partial charge in [0.1, 0.15) is 10.6 Å². The van der Waals surface area contributed by atoms with Crippen LogP contribution in [-0.2, 0) is 14.8 Å². The van der Waals surface area contributed by atoms with E-state index < -0.39 is 10.0 Å². The number of rotatable bonds is 13. The van der Waals surface area contributed by atoms with Crippen molar-refractivity contribution in [3.8, 4) is 0 Å². The van der Waals surface area contributed by atoms with Gasteiger partial charge in [-0.3, -0.25) is 9.79 Å². The molecular formula is C31H54N6O3S. The summed E-state index contributed by atoms with van der Waals surface area (Å²) in [5.74, 6) is 0.609. The fourth-order valence-corrected chi connectivity index (χ4v) is 8.00. The summed E-state index contributed by atoms with van der Waals surface area (Å²) < 4.78 is 28.6. The molecule has 1 aliphatic heterocycles. The molecule has 0 atom stereocenters. The second-order valence-corrected chi connectivity index (χ2v) is 13.8. The van der Waals surface area contributed by atoms with Crippen molar-refractivity contribution in [2.24, 2.45) is 27.6 Å². The monoisotopic (exact) mass is 590 g/mol. The van der Waals surface area contributed by atoms with Gasteiger partial charge in [-0.25, -0.2) is 13.4 Å². The maximum Gasteiger partial charge on any atom is 0.272 e. The van der Waals surface area contributed by atoms with Gasteiger partial charge in [-0.2, -0.15) is 4.31 Å². The van der Waals surface area contributed by atoms with Crippen LogP contribution in [0, 0.1) is 11.8 Å². The Labute approximate surface area is 249 Å². The van der Waals surface area contributed by atoms with Gasteiger partial charge in [-0.05, 0) is 70.3 Å². The van der Waals surface area contributed by atoms with Gasteiger partial charge in [0.2, 0.25) is 10.0 Å². The molecule has 1 aliphatic carbocycles. The highest BCUT2D eigenvalue weighted by Gasteiger charge is 2.35. The van der Waals surface area contributed by atoms with E-state index in [-0.39, 0.29) is 11.8 Å². The van der Waals surface area contributed by atoms with Crippen molar-refractivity contribution in [2.75, 3.05) is 47.3 Å². The van der Waals surface area contributed by atoms with E-state index in [0.717, 1.165) is 36.8 Å². The number of nitrogens with zero attached hydrogens (tertiary/aromatic N) is 5. The van der Waals surface area contributed by atoms with E-state index in [4.69, 9.17) is 5.73 Å². The number of aliphatic imine (C=N–C) groups is 2. The summed E-state index contributed by atoms with van der Waals surface area (Å²) in [6.45, 7) is 13.8. The molecule has 0 radical (unpaired) electrons. The van der Waals surface area contributed by atoms with Crippen LogP contribution >= 0.6 is 0 Å². The summed E-state index contributed by atoms with van der Waals surface area (Å²) >= 11 is 0. The number of hydrogen-bond donors (Lipinski definition) is 1. The molecular weight excluding hydrogens is 536 g/mol. The zero-order chi connectivity index (χ0) is 30.7. The first-order chi connectivity index (χ1) is 19.4. The zero-order valence-electron chi connectivity index (χ0n) is 26.6. The third-order valence-corrected chi connectivity index (χ3v) is 10.5. The normalized spacial score (nSPS) is 18.8. The Morgan fingerprint density at radius 3 is 2.05 bits per heavy atom. The third-order valence-electron chi connectivity index (χ3n) is 8.22. The molecule has 2 rings (SSSR count). The smallest absolute Gasteiger partial charge is 0.272 e. The Kier molecular flexibility index (Phi) is 13.8. The molecule has 1 saturated carbocycles. The highest BCUT2D eigenvalue weighted by atomic mass is 32.2. The fraction of sp³-hybridized carbons (Fsp3) is 0.710. The van der Waals surface area contributed by atoms with Gasteiger partial charge >= 0.3 is 0 Å². The Balaban J connectivity index is 2.34. The van der Waals surface area contributed by atoms with Gasteiger partial charge < -0.3 is 15.5 Å². The van der Waals surface area contributed by atoms with Crippen molar-refractivity contribution in [1.29, 1.82) is 0 Å². The highest BCUT2D eigenvalue weighted by Crippen LogP contribution is 2.30. The lowest BCUT2D eigenvalue weighted by Crippen LogP contribution is -2.46. The lowest BCUT2D eigenvalue weighted by molar-refractivity contribution is -0.130. The predicted octanol–water partition coefficient (Wildman–Crippen LogP) is 4.94. The molecule has 1 saturated heterocycles. The summed E-state index contributed by atoms with van der Waals surface area (Å²) in [5.41, 5.74) is 8.82. The van der Waals surface area contributed by atoms with Gasteiger partial charge in [0, 0.05) is 47.3 Å². The average Bonchev–Trinajstić information content (AvgIpc) is 2.92. The number of carbonyl (C=O) groups excluding carboxylic acids is 1. The largest absolute Gasteiger partial charge is 0.390 e. The molecule has 10 heteroatoms. The van der Waals surface area contributed by atoms with Crippen LogP contribution in [0.1, 0.15) is 85.5 Å². The number of sulfonamides is 1. The topological polar surface area (TPSA) is 112 Å². The number of carbonyl (C=O) groups is 1. The van der Waals surface area contributed by atoms with Crippen molar-refractivity contribution in [1.82, 2.24) is 14.1 Å². The number of hydrogen-bond acceptors (Lipinski definition) is 6. The molecule has 41 heavy (non-hydrogen) atoms. The van der Waals surface area contributed by atoms with Crippen LogP contribution in [0.3, 0.4) is 0 Å². The molecule has 1 heterocycles. The van der Waals surface area contributed by atoms with Gasteiger partial charge in [-0.15, -0.1) is 0 Å². The van der Waals surface area contributed by atoms with Crippen molar-refractivity contribution in [3.05, 3.63) is 34.0 Å². The SMILES string of the molecule is C=C(CCC)/C(N=CN)=C(/C(=O)N(CC1CCCCC1)CC1CCN(S(=O)(=O)C(C(C)=NC)=C(C)C)CC1)N(C)C. The molecule has 9 nitrogen and oxygen atoms in total. The Hall–Kier alpha value is -2.46. The van der Waals surface area contributed by atoms with Gasteiger partial charge in [0.25, 0.3) is 5.91 Å². The van der Waals surface area contributed by atoms with E-state index in [0.29, 0.717) is 66.9 Å². The van der Waals surface area contributed by atoms with Crippen molar-refractivity contribution < 1.29 is 13.2 Å². The second kappa shape index (κ2) is 16.2. The molecule has 0 aromatic rings. The average molecular weight is 591 g/mol. The quantitative estimate of drug-likeness (QED) is 0.141. The molecule has 0 aromatic carbocycles. The number of amides is 1. The fourth-order valence-electron chi connectivity index (χ4n) is 6.07. The lowest BCUT2D eigenvalue weighted by atomic mass is 9.88. The lowest BCUT2D eigenvalue weighted by Gasteiger charge is -2.37. The van der Waals surface area contributed by atoms with Crippen molar-refractivity contribution in [3.63, 3.8) is 0 Å². The summed E-state index contributed by atoms with van der Waals surface area (Å²) in [6.07, 6.45) is 10.1. The molecule has 232 valence electrons. The minimum absolute atomic E-state index is 0.0601. The summed E-state index contributed by atoms with van der Waals surface area (Å²) in [6, 6.07) is 0. The number of allylic oxidation sites excluding steroid dienone is 3. The van der Waals surface area contributed by atoms with Crippen LogP contribution < -0.4 is 5.73 Å². The van der Waals surface area contributed by atoms with E-state index in [9.17, 15) is 13.2 Å². The third kappa shape index (κ3) is 9.26. The van der Waals surface area contributed by atoms with Gasteiger partial charge in [0.15, 0.2) is 0 Å². The summed E-state index contributed by atoms with van der Waals surface area (Å²) in [5, 5.41) is 0. The van der Waals surface area contributed by atoms with E-state index in [1.54, 1.807) is 18.3 Å². The van der Waals surface area contributed by atoms with Crippen LogP contribution in [0.4, 0.5) is 0 Å². The molecule has 1 amide bonds. The van der Waals surface area contributed by atoms with Crippen LogP contribution in [-0.4, -0.2) is 87.8 Å². The van der Waals surface area contributed by atoms with Crippen molar-refractivity contribution in [2.45, 2.75) is 85.5 Å². The molecule has 0 unspecified atom stereocenters. The number of piperidine rings is 1. The maximum absolute atomic E-state index is 14.3. The number of likely N-dealkylation sites (N-methyl/N-ethyl adjacent to an activating group) is 1.